The lowest BCUT2D eigenvalue weighted by Gasteiger charge is -2.13. The standard InChI is InChI=1S/C32H25BrN4O3S3/c1-20(29(38)37-32-36-27(19-42-32)28-11-6-16-41-28)43-25-10-5-9-24(18-25)34-31(40)26(17-21-12-14-23(33)15-13-21)35-30(39)22-7-3-2-4-8-22/h2-20H,1H3,(H,34,40)(H,35,39)(H,36,37,38)/b26-17-. The summed E-state index contributed by atoms with van der Waals surface area (Å²) in [6.45, 7) is 1.82. The van der Waals surface area contributed by atoms with Gasteiger partial charge in [0.05, 0.1) is 15.8 Å². The lowest BCUT2D eigenvalue weighted by molar-refractivity contribution is -0.115. The molecule has 0 aliphatic carbocycles. The van der Waals surface area contributed by atoms with Crippen molar-refractivity contribution < 1.29 is 14.4 Å². The second-order valence-electron chi connectivity index (χ2n) is 9.18. The molecule has 0 spiro atoms. The Hall–Kier alpha value is -4.03. The zero-order valence-corrected chi connectivity index (χ0v) is 26.8. The smallest absolute Gasteiger partial charge is 0.272 e. The summed E-state index contributed by atoms with van der Waals surface area (Å²) in [5.74, 6) is -1.05. The van der Waals surface area contributed by atoms with Crippen molar-refractivity contribution in [3.05, 3.63) is 123 Å². The average molecular weight is 690 g/mol. The van der Waals surface area contributed by atoms with E-state index in [2.05, 4.69) is 36.9 Å². The summed E-state index contributed by atoms with van der Waals surface area (Å²) < 4.78 is 0.899. The predicted octanol–water partition coefficient (Wildman–Crippen LogP) is 8.16. The molecule has 1 unspecified atom stereocenters. The maximum absolute atomic E-state index is 13.4. The highest BCUT2D eigenvalue weighted by Crippen LogP contribution is 2.30. The molecule has 0 fully saturated rings. The van der Waals surface area contributed by atoms with Gasteiger partial charge in [0.1, 0.15) is 5.70 Å². The van der Waals surface area contributed by atoms with Gasteiger partial charge in [0.25, 0.3) is 11.8 Å². The summed E-state index contributed by atoms with van der Waals surface area (Å²) in [6, 6.07) is 27.3. The van der Waals surface area contributed by atoms with E-state index in [4.69, 9.17) is 0 Å². The molecule has 0 radical (unpaired) electrons. The number of nitrogens with one attached hydrogen (secondary N) is 3. The van der Waals surface area contributed by atoms with E-state index in [0.717, 1.165) is 25.5 Å². The molecule has 216 valence electrons. The van der Waals surface area contributed by atoms with Gasteiger partial charge >= 0.3 is 0 Å². The fourth-order valence-electron chi connectivity index (χ4n) is 3.85. The van der Waals surface area contributed by atoms with Crippen LogP contribution in [0.1, 0.15) is 22.8 Å². The number of carbonyl (C=O) groups is 3. The molecule has 0 saturated heterocycles. The van der Waals surface area contributed by atoms with Gasteiger partial charge < -0.3 is 16.0 Å². The van der Waals surface area contributed by atoms with Crippen molar-refractivity contribution in [3.8, 4) is 10.6 Å². The lowest BCUT2D eigenvalue weighted by atomic mass is 10.1. The molecule has 7 nitrogen and oxygen atoms in total. The van der Waals surface area contributed by atoms with Gasteiger partial charge in [0.15, 0.2) is 5.13 Å². The fourth-order valence-corrected chi connectivity index (χ4v) is 6.51. The van der Waals surface area contributed by atoms with Gasteiger partial charge in [0, 0.05) is 26.0 Å². The molecule has 11 heteroatoms. The van der Waals surface area contributed by atoms with E-state index in [0.29, 0.717) is 16.4 Å². The maximum atomic E-state index is 13.4. The van der Waals surface area contributed by atoms with Crippen molar-refractivity contribution >= 4 is 85.0 Å². The number of thiazole rings is 1. The summed E-state index contributed by atoms with van der Waals surface area (Å²) in [6.07, 6.45) is 1.62. The Kier molecular flexibility index (Phi) is 10.2. The van der Waals surface area contributed by atoms with Gasteiger partial charge in [-0.05, 0) is 72.5 Å². The summed E-state index contributed by atoms with van der Waals surface area (Å²) in [5, 5.41) is 12.6. The molecule has 0 saturated carbocycles. The van der Waals surface area contributed by atoms with Crippen LogP contribution < -0.4 is 16.0 Å². The van der Waals surface area contributed by atoms with Gasteiger partial charge in [-0.2, -0.15) is 0 Å². The number of benzene rings is 3. The Morgan fingerprint density at radius 2 is 1.70 bits per heavy atom. The number of thiophene rings is 1. The van der Waals surface area contributed by atoms with E-state index in [1.165, 1.54) is 23.1 Å². The molecule has 5 aromatic rings. The van der Waals surface area contributed by atoms with Crippen LogP contribution >= 0.6 is 50.4 Å². The molecular formula is C32H25BrN4O3S3. The van der Waals surface area contributed by atoms with Crippen LogP contribution in [0.4, 0.5) is 10.8 Å². The third kappa shape index (κ3) is 8.51. The first-order valence-electron chi connectivity index (χ1n) is 13.1. The summed E-state index contributed by atoms with van der Waals surface area (Å²) in [4.78, 5) is 45.6. The molecule has 3 N–H and O–H groups in total. The zero-order chi connectivity index (χ0) is 30.2. The van der Waals surface area contributed by atoms with Crippen LogP contribution in [0.15, 0.2) is 117 Å². The first kappa shape index (κ1) is 30.4. The van der Waals surface area contributed by atoms with Crippen molar-refractivity contribution in [1.82, 2.24) is 10.3 Å². The zero-order valence-electron chi connectivity index (χ0n) is 22.7. The van der Waals surface area contributed by atoms with E-state index in [-0.39, 0.29) is 11.6 Å². The molecule has 0 bridgehead atoms. The van der Waals surface area contributed by atoms with Crippen LogP contribution in [0.2, 0.25) is 0 Å². The first-order chi connectivity index (χ1) is 20.8. The molecular weight excluding hydrogens is 664 g/mol. The maximum Gasteiger partial charge on any atom is 0.272 e. The highest BCUT2D eigenvalue weighted by Gasteiger charge is 2.18. The van der Waals surface area contributed by atoms with Crippen LogP contribution in [-0.4, -0.2) is 28.0 Å². The van der Waals surface area contributed by atoms with E-state index in [9.17, 15) is 14.4 Å². The molecule has 1 atom stereocenters. The minimum absolute atomic E-state index is 0.0901. The quantitative estimate of drug-likeness (QED) is 0.102. The van der Waals surface area contributed by atoms with Crippen LogP contribution in [-0.2, 0) is 9.59 Å². The molecule has 0 aliphatic rings. The summed E-state index contributed by atoms with van der Waals surface area (Å²) in [7, 11) is 0. The molecule has 3 amide bonds. The minimum atomic E-state index is -0.481. The molecule has 3 aromatic carbocycles. The number of anilines is 2. The second-order valence-corrected chi connectivity index (χ2v) is 13.3. The predicted molar refractivity (Wildman–Crippen MR) is 180 cm³/mol. The minimum Gasteiger partial charge on any atom is -0.321 e. The number of carbonyl (C=O) groups excluding carboxylic acids is 3. The third-order valence-corrected chi connectivity index (χ3v) is 9.26. The van der Waals surface area contributed by atoms with Gasteiger partial charge in [-0.15, -0.1) is 34.4 Å². The Morgan fingerprint density at radius 3 is 2.44 bits per heavy atom. The number of nitrogens with zero attached hydrogens (tertiary/aromatic N) is 1. The van der Waals surface area contributed by atoms with E-state index < -0.39 is 17.1 Å². The Balaban J connectivity index is 1.26. The fraction of sp³-hybridized carbons (Fsp3) is 0.0625. The molecule has 43 heavy (non-hydrogen) atoms. The average Bonchev–Trinajstić information content (AvgIpc) is 3.71. The number of rotatable bonds is 10. The largest absolute Gasteiger partial charge is 0.321 e. The van der Waals surface area contributed by atoms with Gasteiger partial charge in [-0.1, -0.05) is 58.4 Å². The number of halogens is 1. The summed E-state index contributed by atoms with van der Waals surface area (Å²) >= 11 is 7.76. The van der Waals surface area contributed by atoms with Gasteiger partial charge in [0.2, 0.25) is 5.91 Å². The number of hydrogen-bond donors (Lipinski definition) is 3. The van der Waals surface area contributed by atoms with Crippen LogP contribution in [0.25, 0.3) is 16.6 Å². The Bertz CT molecular complexity index is 1750. The van der Waals surface area contributed by atoms with E-state index in [1.807, 2.05) is 66.2 Å². The first-order valence-corrected chi connectivity index (χ1v) is 16.5. The molecule has 0 aliphatic heterocycles. The Morgan fingerprint density at radius 1 is 0.907 bits per heavy atom. The third-order valence-electron chi connectivity index (χ3n) is 5.99. The topological polar surface area (TPSA) is 100 Å². The van der Waals surface area contributed by atoms with Gasteiger partial charge in [-0.3, -0.25) is 14.4 Å². The SMILES string of the molecule is CC(Sc1cccc(NC(=O)/C(=C/c2ccc(Br)cc2)NC(=O)c2ccccc2)c1)C(=O)Nc1nc(-c2cccs2)cs1. The summed E-state index contributed by atoms with van der Waals surface area (Å²) in [5.41, 5.74) is 2.63. The van der Waals surface area contributed by atoms with Crippen molar-refractivity contribution in [3.63, 3.8) is 0 Å². The normalized spacial score (nSPS) is 11.9. The number of hydrogen-bond acceptors (Lipinski definition) is 7. The highest BCUT2D eigenvalue weighted by atomic mass is 79.9. The number of amides is 3. The lowest BCUT2D eigenvalue weighted by Crippen LogP contribution is -2.30. The van der Waals surface area contributed by atoms with Crippen LogP contribution in [0.5, 0.6) is 0 Å². The Labute approximate surface area is 269 Å². The second kappa shape index (κ2) is 14.4. The molecule has 2 aromatic heterocycles. The number of aromatic nitrogens is 1. The van der Waals surface area contributed by atoms with E-state index in [1.54, 1.807) is 59.9 Å². The molecule has 2 heterocycles. The van der Waals surface area contributed by atoms with Crippen molar-refractivity contribution in [2.24, 2.45) is 0 Å². The van der Waals surface area contributed by atoms with Crippen molar-refractivity contribution in [2.75, 3.05) is 10.6 Å². The monoisotopic (exact) mass is 688 g/mol. The van der Waals surface area contributed by atoms with Gasteiger partial charge in [-0.25, -0.2) is 4.98 Å². The highest BCUT2D eigenvalue weighted by molar-refractivity contribution is 9.10. The van der Waals surface area contributed by atoms with Crippen molar-refractivity contribution in [1.29, 1.82) is 0 Å². The van der Waals surface area contributed by atoms with E-state index >= 15 is 0 Å². The number of thioether (sulfide) groups is 1. The van der Waals surface area contributed by atoms with Crippen molar-refractivity contribution in [2.45, 2.75) is 17.1 Å². The van der Waals surface area contributed by atoms with Crippen LogP contribution in [0.3, 0.4) is 0 Å². The van der Waals surface area contributed by atoms with Crippen LogP contribution in [0, 0.1) is 0 Å². The molecule has 5 rings (SSSR count).